The van der Waals surface area contributed by atoms with E-state index in [9.17, 15) is 18.0 Å². The van der Waals surface area contributed by atoms with Gasteiger partial charge in [-0.25, -0.2) is 0 Å². The molecule has 0 aliphatic carbocycles. The first-order valence-corrected chi connectivity index (χ1v) is 5.90. The van der Waals surface area contributed by atoms with Gasteiger partial charge in [0.1, 0.15) is 0 Å². The lowest BCUT2D eigenvalue weighted by Crippen LogP contribution is -2.24. The van der Waals surface area contributed by atoms with Crippen molar-refractivity contribution < 1.29 is 18.0 Å². The third-order valence-electron chi connectivity index (χ3n) is 2.87. The van der Waals surface area contributed by atoms with Crippen molar-refractivity contribution in [2.24, 2.45) is 0 Å². The minimum atomic E-state index is -4.82. The van der Waals surface area contributed by atoms with Crippen molar-refractivity contribution in [3.63, 3.8) is 0 Å². The quantitative estimate of drug-likeness (QED) is 0.719. The second kappa shape index (κ2) is 5.12. The molecule has 0 amide bonds. The third kappa shape index (κ3) is 3.12. The highest BCUT2D eigenvalue weighted by molar-refractivity contribution is 6.01. The lowest BCUT2D eigenvalue weighted by atomic mass is 9.90. The molecule has 0 aliphatic heterocycles. The van der Waals surface area contributed by atoms with Crippen LogP contribution in [0.2, 0.25) is 0 Å². The van der Waals surface area contributed by atoms with E-state index in [2.05, 4.69) is 0 Å². The minimum absolute atomic E-state index is 0.120. The predicted octanol–water partition coefficient (Wildman–Crippen LogP) is 4.68. The Morgan fingerprint density at radius 3 is 2.00 bits per heavy atom. The molecular formula is C14H17F3O. The molecule has 1 rings (SSSR count). The van der Waals surface area contributed by atoms with Crippen molar-refractivity contribution in [1.29, 1.82) is 0 Å². The Balaban J connectivity index is 3.33. The number of carbonyl (C=O) groups excluding carboxylic acids is 1. The predicted molar refractivity (Wildman–Crippen MR) is 65.0 cm³/mol. The molecule has 0 unspecified atom stereocenters. The molecule has 100 valence electrons. The summed E-state index contributed by atoms with van der Waals surface area (Å²) in [6, 6.07) is 4.59. The SMILES string of the molecule is CC(C)c1ccc(C(=O)C(F)(F)F)c(C(C)C)c1. The van der Waals surface area contributed by atoms with E-state index >= 15 is 0 Å². The van der Waals surface area contributed by atoms with Crippen LogP contribution >= 0.6 is 0 Å². The molecule has 0 atom stereocenters. The van der Waals surface area contributed by atoms with Gasteiger partial charge in [-0.1, -0.05) is 45.9 Å². The van der Waals surface area contributed by atoms with Crippen LogP contribution in [0.3, 0.4) is 0 Å². The van der Waals surface area contributed by atoms with Gasteiger partial charge < -0.3 is 0 Å². The Kier molecular flexibility index (Phi) is 4.20. The highest BCUT2D eigenvalue weighted by Crippen LogP contribution is 2.29. The molecule has 0 aromatic heterocycles. The largest absolute Gasteiger partial charge is 0.454 e. The van der Waals surface area contributed by atoms with Crippen LogP contribution in [0, 0.1) is 0 Å². The summed E-state index contributed by atoms with van der Waals surface area (Å²) in [7, 11) is 0. The fraction of sp³-hybridized carbons (Fsp3) is 0.500. The van der Waals surface area contributed by atoms with Crippen molar-refractivity contribution in [3.05, 3.63) is 34.9 Å². The Labute approximate surface area is 105 Å². The molecule has 0 heterocycles. The third-order valence-corrected chi connectivity index (χ3v) is 2.87. The summed E-state index contributed by atoms with van der Waals surface area (Å²) in [5.41, 5.74) is 1.17. The summed E-state index contributed by atoms with van der Waals surface area (Å²) in [6.45, 7) is 7.49. The maximum atomic E-state index is 12.5. The average molecular weight is 258 g/mol. The van der Waals surface area contributed by atoms with E-state index < -0.39 is 12.0 Å². The van der Waals surface area contributed by atoms with Crippen LogP contribution in [0.5, 0.6) is 0 Å². The first-order chi connectivity index (χ1) is 8.14. The molecule has 1 nitrogen and oxygen atoms in total. The van der Waals surface area contributed by atoms with Crippen molar-refractivity contribution in [2.75, 3.05) is 0 Å². The van der Waals surface area contributed by atoms with Gasteiger partial charge in [0.15, 0.2) is 0 Å². The number of carbonyl (C=O) groups is 1. The zero-order valence-corrected chi connectivity index (χ0v) is 10.9. The van der Waals surface area contributed by atoms with E-state index in [4.69, 9.17) is 0 Å². The van der Waals surface area contributed by atoms with Gasteiger partial charge in [-0.3, -0.25) is 4.79 Å². The maximum absolute atomic E-state index is 12.5. The first-order valence-electron chi connectivity index (χ1n) is 5.90. The molecule has 0 saturated carbocycles. The number of hydrogen-bond donors (Lipinski definition) is 0. The van der Waals surface area contributed by atoms with Gasteiger partial charge in [-0.15, -0.1) is 0 Å². The molecule has 18 heavy (non-hydrogen) atoms. The fourth-order valence-electron chi connectivity index (χ4n) is 1.78. The van der Waals surface area contributed by atoms with E-state index in [0.717, 1.165) is 5.56 Å². The van der Waals surface area contributed by atoms with Crippen LogP contribution in [0.25, 0.3) is 0 Å². The number of halogens is 3. The summed E-state index contributed by atoms with van der Waals surface area (Å²) in [5, 5.41) is 0. The van der Waals surface area contributed by atoms with E-state index in [1.54, 1.807) is 26.0 Å². The molecule has 0 saturated heterocycles. The number of Topliss-reactive ketones (excluding diaryl/α,β-unsaturated/α-hetero) is 1. The first kappa shape index (κ1) is 14.7. The molecule has 0 spiro atoms. The van der Waals surface area contributed by atoms with Crippen LogP contribution in [0.1, 0.15) is 61.0 Å². The van der Waals surface area contributed by atoms with E-state index in [1.165, 1.54) is 6.07 Å². The smallest absolute Gasteiger partial charge is 0.284 e. The van der Waals surface area contributed by atoms with Gasteiger partial charge in [0.2, 0.25) is 0 Å². The molecule has 4 heteroatoms. The van der Waals surface area contributed by atoms with Crippen molar-refractivity contribution >= 4 is 5.78 Å². The summed E-state index contributed by atoms with van der Waals surface area (Å²) in [5.74, 6) is -1.66. The molecule has 1 aromatic rings. The van der Waals surface area contributed by atoms with Gasteiger partial charge in [0.25, 0.3) is 5.78 Å². The van der Waals surface area contributed by atoms with E-state index in [1.807, 2.05) is 13.8 Å². The minimum Gasteiger partial charge on any atom is -0.284 e. The van der Waals surface area contributed by atoms with Gasteiger partial charge in [0.05, 0.1) is 0 Å². The molecule has 0 bridgehead atoms. The zero-order chi connectivity index (χ0) is 14.1. The molecule has 0 aliphatic rings. The number of benzene rings is 1. The van der Waals surface area contributed by atoms with Gasteiger partial charge in [-0.05, 0) is 23.0 Å². The standard InChI is InChI=1S/C14H17F3O/c1-8(2)10-5-6-11(12(7-10)9(3)4)13(18)14(15,16)17/h5-9H,1-4H3. The van der Waals surface area contributed by atoms with Crippen LogP contribution in [-0.2, 0) is 0 Å². The summed E-state index contributed by atoms with van der Waals surface area (Å²) in [4.78, 5) is 11.3. The monoisotopic (exact) mass is 258 g/mol. The molecular weight excluding hydrogens is 241 g/mol. The number of rotatable bonds is 3. The average Bonchev–Trinajstić information content (AvgIpc) is 2.25. The Bertz CT molecular complexity index is 445. The summed E-state index contributed by atoms with van der Waals surface area (Å²) in [6.07, 6.45) is -4.82. The Hall–Kier alpha value is -1.32. The van der Waals surface area contributed by atoms with Crippen LogP contribution < -0.4 is 0 Å². The van der Waals surface area contributed by atoms with Gasteiger partial charge in [0, 0.05) is 5.56 Å². The lowest BCUT2D eigenvalue weighted by Gasteiger charge is -2.16. The molecule has 0 fully saturated rings. The number of hydrogen-bond acceptors (Lipinski definition) is 1. The van der Waals surface area contributed by atoms with Crippen LogP contribution in [0.4, 0.5) is 13.2 Å². The van der Waals surface area contributed by atoms with Crippen molar-refractivity contribution in [2.45, 2.75) is 45.7 Å². The van der Waals surface area contributed by atoms with Gasteiger partial charge in [-0.2, -0.15) is 13.2 Å². The summed E-state index contributed by atoms with van der Waals surface area (Å²) >= 11 is 0. The molecule has 0 radical (unpaired) electrons. The lowest BCUT2D eigenvalue weighted by molar-refractivity contribution is -0.0885. The Morgan fingerprint density at radius 1 is 1.06 bits per heavy atom. The van der Waals surface area contributed by atoms with Crippen molar-refractivity contribution in [3.8, 4) is 0 Å². The second-order valence-electron chi connectivity index (χ2n) is 4.98. The summed E-state index contributed by atoms with van der Waals surface area (Å²) < 4.78 is 37.5. The number of ketones is 1. The van der Waals surface area contributed by atoms with E-state index in [-0.39, 0.29) is 17.4 Å². The molecule has 0 N–H and O–H groups in total. The highest BCUT2D eigenvalue weighted by Gasteiger charge is 2.40. The Morgan fingerprint density at radius 2 is 1.61 bits per heavy atom. The van der Waals surface area contributed by atoms with Crippen LogP contribution in [-0.4, -0.2) is 12.0 Å². The maximum Gasteiger partial charge on any atom is 0.454 e. The van der Waals surface area contributed by atoms with Crippen molar-refractivity contribution in [1.82, 2.24) is 0 Å². The van der Waals surface area contributed by atoms with Crippen LogP contribution in [0.15, 0.2) is 18.2 Å². The topological polar surface area (TPSA) is 17.1 Å². The second-order valence-corrected chi connectivity index (χ2v) is 4.98. The fourth-order valence-corrected chi connectivity index (χ4v) is 1.78. The zero-order valence-electron chi connectivity index (χ0n) is 10.9. The van der Waals surface area contributed by atoms with E-state index in [0.29, 0.717) is 5.56 Å². The molecule has 1 aromatic carbocycles. The van der Waals surface area contributed by atoms with Gasteiger partial charge >= 0.3 is 6.18 Å². The normalized spacial score (nSPS) is 12.3. The number of alkyl halides is 3. The highest BCUT2D eigenvalue weighted by atomic mass is 19.4.